The smallest absolute Gasteiger partial charge is 0.253 e. The summed E-state index contributed by atoms with van der Waals surface area (Å²) in [5.74, 6) is 1.93. The number of anilines is 6. The Bertz CT molecular complexity index is 3870. The van der Waals surface area contributed by atoms with Crippen LogP contribution in [0.4, 0.5) is 34.1 Å². The van der Waals surface area contributed by atoms with Crippen molar-refractivity contribution in [2.24, 2.45) is 0 Å². The first-order chi connectivity index (χ1) is 38.9. The van der Waals surface area contributed by atoms with Gasteiger partial charge >= 0.3 is 0 Å². The minimum absolute atomic E-state index is 0.0271. The van der Waals surface area contributed by atoms with Crippen LogP contribution in [0.3, 0.4) is 0 Å². The molecule has 10 aromatic rings. The van der Waals surface area contributed by atoms with Crippen molar-refractivity contribution in [2.75, 3.05) is 9.80 Å². The fourth-order valence-electron chi connectivity index (χ4n) is 12.5. The van der Waals surface area contributed by atoms with Crippen molar-refractivity contribution < 1.29 is 0 Å². The van der Waals surface area contributed by atoms with Gasteiger partial charge < -0.3 is 9.80 Å². The predicted octanol–water partition coefficient (Wildman–Crippen LogP) is 19.0. The highest BCUT2D eigenvalue weighted by molar-refractivity contribution is 7.03. The lowest BCUT2D eigenvalue weighted by molar-refractivity contribution is 0.568. The van der Waals surface area contributed by atoms with Crippen LogP contribution in [-0.2, 0) is 32.5 Å². The maximum Gasteiger partial charge on any atom is 0.253 e. The molecule has 0 unspecified atom stereocenters. The highest BCUT2D eigenvalue weighted by Crippen LogP contribution is 2.49. The van der Waals surface area contributed by atoms with Gasteiger partial charge in [-0.05, 0) is 177 Å². The third-order valence-electron chi connectivity index (χ3n) is 17.6. The third kappa shape index (κ3) is 10.0. The molecule has 12 rings (SSSR count). The number of aromatic nitrogens is 3. The van der Waals surface area contributed by atoms with Crippen molar-refractivity contribution in [3.8, 4) is 34.2 Å². The standard InChI is InChI=1S/C77H82BN5/c1-72(2,3)52-29-33-58(34-30-52)82-62-37-27-47-23-19-21-25-60(47)66(62)78-67-61-26-22-20-24-48(61)28-38-63(67)83(59-35-31-53(32-36-59)73(4,5)6)65-44-51(43-64(82)68(65)78)71-80-69(49-39-54(74(7,8)9)45-55(40-49)75(10,11)12)79-70(81-71)50-41-56(76(13,14)15)46-57(42-50)77(16,17)18/h19-46H,1-18H3. The monoisotopic (exact) mass is 1090 g/mol. The van der Waals surface area contributed by atoms with Crippen LogP contribution < -0.4 is 26.2 Å². The number of hydrogen-bond donors (Lipinski definition) is 0. The molecule has 0 saturated carbocycles. The lowest BCUT2D eigenvalue weighted by atomic mass is 9.32. The molecule has 0 amide bonds. The van der Waals surface area contributed by atoms with Gasteiger partial charge in [-0.1, -0.05) is 222 Å². The quantitative estimate of drug-likeness (QED) is 0.161. The maximum atomic E-state index is 5.73. The molecule has 0 radical (unpaired) electrons. The molecule has 0 aliphatic carbocycles. The van der Waals surface area contributed by atoms with E-state index in [-0.39, 0.29) is 39.2 Å². The zero-order valence-electron chi connectivity index (χ0n) is 52.5. The average Bonchev–Trinajstić information content (AvgIpc) is 1.60. The molecule has 418 valence electrons. The second-order valence-corrected chi connectivity index (χ2v) is 30.0. The van der Waals surface area contributed by atoms with E-state index in [0.717, 1.165) is 50.8 Å². The van der Waals surface area contributed by atoms with Crippen molar-refractivity contribution in [2.45, 2.75) is 157 Å². The Morgan fingerprint density at radius 1 is 0.277 bits per heavy atom. The number of fused-ring (bicyclic) bond motifs is 8. The molecule has 0 saturated heterocycles. The summed E-state index contributed by atoms with van der Waals surface area (Å²) < 4.78 is 0. The molecular weight excluding hydrogens is 1010 g/mol. The zero-order valence-corrected chi connectivity index (χ0v) is 52.5. The summed E-state index contributed by atoms with van der Waals surface area (Å²) >= 11 is 0. The Labute approximate surface area is 495 Å². The van der Waals surface area contributed by atoms with Crippen LogP contribution in [-0.4, -0.2) is 21.7 Å². The Hall–Kier alpha value is -7.83. The lowest BCUT2D eigenvalue weighted by Crippen LogP contribution is -2.61. The molecule has 2 aliphatic rings. The Kier molecular flexibility index (Phi) is 13.0. The molecule has 6 heteroatoms. The van der Waals surface area contributed by atoms with Crippen LogP contribution >= 0.6 is 0 Å². The summed E-state index contributed by atoms with van der Waals surface area (Å²) in [6, 6.07) is 64.8. The summed E-state index contributed by atoms with van der Waals surface area (Å²) in [6.45, 7) is 41.2. The van der Waals surface area contributed by atoms with E-state index in [1.165, 1.54) is 71.3 Å². The number of benzene rings is 9. The third-order valence-corrected chi connectivity index (χ3v) is 17.6. The molecule has 83 heavy (non-hydrogen) atoms. The van der Waals surface area contributed by atoms with E-state index in [2.05, 4.69) is 304 Å². The van der Waals surface area contributed by atoms with Crippen LogP contribution in [0.15, 0.2) is 170 Å². The Morgan fingerprint density at radius 3 is 0.892 bits per heavy atom. The summed E-state index contributed by atoms with van der Waals surface area (Å²) in [7, 11) is 0. The first kappa shape index (κ1) is 55.7. The fraction of sp³-hybridized carbons (Fsp3) is 0.312. The molecule has 0 N–H and O–H groups in total. The van der Waals surface area contributed by atoms with Crippen molar-refractivity contribution in [3.05, 3.63) is 203 Å². The molecule has 5 nitrogen and oxygen atoms in total. The molecule has 0 bridgehead atoms. The maximum absolute atomic E-state index is 5.73. The largest absolute Gasteiger partial charge is 0.311 e. The molecule has 0 fully saturated rings. The highest BCUT2D eigenvalue weighted by atomic mass is 15.2. The van der Waals surface area contributed by atoms with Gasteiger partial charge in [-0.25, -0.2) is 15.0 Å². The van der Waals surface area contributed by atoms with Gasteiger partial charge in [0, 0.05) is 50.8 Å². The summed E-state index contributed by atoms with van der Waals surface area (Å²) in [5.41, 5.74) is 20.5. The number of nitrogens with zero attached hydrogens (tertiary/aromatic N) is 5. The SMILES string of the molecule is CC(C)(C)c1ccc(N2c3cc(-c4nc(-c5cc(C(C)(C)C)cc(C(C)(C)C)c5)nc(-c5cc(C(C)(C)C)cc(C(C)(C)C)c5)n4)cc4c3B(c3c2ccc2ccccc32)c2c(ccc3ccccc23)N4c2ccc(C(C)(C)C)cc2)cc1. The first-order valence-electron chi connectivity index (χ1n) is 30.0. The van der Waals surface area contributed by atoms with Crippen LogP contribution in [0.25, 0.3) is 55.7 Å². The predicted molar refractivity (Wildman–Crippen MR) is 357 cm³/mol. The fourth-order valence-corrected chi connectivity index (χ4v) is 12.5. The van der Waals surface area contributed by atoms with Crippen molar-refractivity contribution in [3.63, 3.8) is 0 Å². The van der Waals surface area contributed by atoms with E-state index in [0.29, 0.717) is 17.5 Å². The lowest BCUT2D eigenvalue weighted by Gasteiger charge is -2.45. The van der Waals surface area contributed by atoms with Gasteiger partial charge in [-0.15, -0.1) is 0 Å². The summed E-state index contributed by atoms with van der Waals surface area (Å²) in [5, 5.41) is 4.94. The van der Waals surface area contributed by atoms with Gasteiger partial charge in [0.2, 0.25) is 0 Å². The van der Waals surface area contributed by atoms with E-state index in [4.69, 9.17) is 15.0 Å². The molecular formula is C77H82BN5. The van der Waals surface area contributed by atoms with E-state index in [1.807, 2.05) is 0 Å². The molecule has 0 atom stereocenters. The van der Waals surface area contributed by atoms with Gasteiger partial charge in [0.1, 0.15) is 0 Å². The molecule has 3 heterocycles. The Morgan fingerprint density at radius 2 is 0.578 bits per heavy atom. The van der Waals surface area contributed by atoms with Crippen LogP contribution in [0.2, 0.25) is 0 Å². The molecule has 0 spiro atoms. The first-order valence-corrected chi connectivity index (χ1v) is 30.0. The van der Waals surface area contributed by atoms with Crippen molar-refractivity contribution in [1.29, 1.82) is 0 Å². The normalized spacial score (nSPS) is 13.8. The minimum atomic E-state index is -0.136. The van der Waals surface area contributed by atoms with E-state index >= 15 is 0 Å². The Balaban J connectivity index is 1.24. The van der Waals surface area contributed by atoms with Gasteiger partial charge in [0.25, 0.3) is 6.71 Å². The van der Waals surface area contributed by atoms with E-state index < -0.39 is 0 Å². The summed E-state index contributed by atoms with van der Waals surface area (Å²) in [4.78, 5) is 22.1. The van der Waals surface area contributed by atoms with Crippen molar-refractivity contribution in [1.82, 2.24) is 15.0 Å². The molecule has 1 aromatic heterocycles. The topological polar surface area (TPSA) is 45.2 Å². The summed E-state index contributed by atoms with van der Waals surface area (Å²) in [6.07, 6.45) is 0. The van der Waals surface area contributed by atoms with Gasteiger partial charge in [-0.3, -0.25) is 0 Å². The number of hydrogen-bond acceptors (Lipinski definition) is 5. The molecule has 2 aliphatic heterocycles. The minimum Gasteiger partial charge on any atom is -0.311 e. The second kappa shape index (κ2) is 19.4. The van der Waals surface area contributed by atoms with Crippen LogP contribution in [0.1, 0.15) is 158 Å². The van der Waals surface area contributed by atoms with E-state index in [1.54, 1.807) is 0 Å². The van der Waals surface area contributed by atoms with Crippen molar-refractivity contribution >= 4 is 78.8 Å². The highest BCUT2D eigenvalue weighted by Gasteiger charge is 2.46. The van der Waals surface area contributed by atoms with Gasteiger partial charge in [-0.2, -0.15) is 0 Å². The number of rotatable bonds is 5. The van der Waals surface area contributed by atoms with Crippen LogP contribution in [0.5, 0.6) is 0 Å². The average molecular weight is 1090 g/mol. The zero-order chi connectivity index (χ0) is 59.1. The molecule has 9 aromatic carbocycles. The van der Waals surface area contributed by atoms with E-state index in [9.17, 15) is 0 Å². The second-order valence-electron chi connectivity index (χ2n) is 30.0. The van der Waals surface area contributed by atoms with Crippen LogP contribution in [0, 0.1) is 0 Å². The van der Waals surface area contributed by atoms with Gasteiger partial charge in [0.15, 0.2) is 17.5 Å². The van der Waals surface area contributed by atoms with Gasteiger partial charge in [0.05, 0.1) is 0 Å².